The zero-order valence-corrected chi connectivity index (χ0v) is 7.39. The van der Waals surface area contributed by atoms with Crippen LogP contribution >= 0.6 is 0 Å². The predicted octanol–water partition coefficient (Wildman–Crippen LogP) is 2.03. The molecule has 2 bridgehead atoms. The lowest BCUT2D eigenvalue weighted by Crippen LogP contribution is -2.40. The first-order valence-corrected chi connectivity index (χ1v) is 4.80. The van der Waals surface area contributed by atoms with Crippen LogP contribution in [0.5, 0.6) is 0 Å². The van der Waals surface area contributed by atoms with Crippen molar-refractivity contribution in [1.82, 2.24) is 5.32 Å². The highest BCUT2D eigenvalue weighted by atomic mass is 19.1. The summed E-state index contributed by atoms with van der Waals surface area (Å²) in [5.41, 5.74) is 0.861. The van der Waals surface area contributed by atoms with Crippen molar-refractivity contribution >= 4 is 0 Å². The van der Waals surface area contributed by atoms with E-state index in [9.17, 15) is 4.39 Å². The third-order valence-electron chi connectivity index (χ3n) is 3.39. The van der Waals surface area contributed by atoms with Gasteiger partial charge < -0.3 is 5.32 Å². The van der Waals surface area contributed by atoms with Crippen LogP contribution in [0.25, 0.3) is 0 Å². The summed E-state index contributed by atoms with van der Waals surface area (Å²) in [6, 6.07) is 7.13. The van der Waals surface area contributed by atoms with Crippen molar-refractivity contribution in [2.24, 2.45) is 5.92 Å². The minimum Gasteiger partial charge on any atom is -0.307 e. The minimum atomic E-state index is -0.0599. The summed E-state index contributed by atoms with van der Waals surface area (Å²) in [6.07, 6.45) is 2.24. The molecule has 0 aromatic heterocycles. The van der Waals surface area contributed by atoms with Gasteiger partial charge >= 0.3 is 0 Å². The Labute approximate surface area is 77.0 Å². The number of nitrogens with one attached hydrogen (secondary N) is 1. The van der Waals surface area contributed by atoms with Crippen LogP contribution < -0.4 is 5.32 Å². The van der Waals surface area contributed by atoms with E-state index in [1.807, 2.05) is 12.1 Å². The molecule has 1 aliphatic carbocycles. The van der Waals surface area contributed by atoms with E-state index in [4.69, 9.17) is 0 Å². The second-order valence-corrected chi connectivity index (χ2v) is 4.22. The van der Waals surface area contributed by atoms with Gasteiger partial charge in [0.05, 0.1) is 0 Å². The summed E-state index contributed by atoms with van der Waals surface area (Å²) >= 11 is 0. The van der Waals surface area contributed by atoms with Gasteiger partial charge in [0, 0.05) is 11.1 Å². The molecule has 3 aliphatic rings. The van der Waals surface area contributed by atoms with Crippen LogP contribution in [0.1, 0.15) is 18.4 Å². The maximum Gasteiger partial charge on any atom is 0.128 e. The summed E-state index contributed by atoms with van der Waals surface area (Å²) in [7, 11) is 0. The summed E-state index contributed by atoms with van der Waals surface area (Å²) in [5, 5.41) is 3.42. The highest BCUT2D eigenvalue weighted by Gasteiger charge is 2.52. The van der Waals surface area contributed by atoms with Gasteiger partial charge in [-0.2, -0.15) is 0 Å². The van der Waals surface area contributed by atoms with Crippen LogP contribution in [0.15, 0.2) is 24.3 Å². The first-order chi connectivity index (χ1) is 6.30. The number of hydrogen-bond donors (Lipinski definition) is 1. The average molecular weight is 177 g/mol. The monoisotopic (exact) mass is 177 g/mol. The van der Waals surface area contributed by atoms with Crippen molar-refractivity contribution in [3.8, 4) is 0 Å². The Hall–Kier alpha value is -0.890. The molecule has 0 spiro atoms. The minimum absolute atomic E-state index is 0.00396. The molecule has 2 saturated heterocycles. The molecule has 0 amide bonds. The lowest BCUT2D eigenvalue weighted by Gasteiger charge is -2.38. The smallest absolute Gasteiger partial charge is 0.128 e. The molecule has 0 radical (unpaired) electrons. The van der Waals surface area contributed by atoms with Crippen LogP contribution in [0.3, 0.4) is 0 Å². The fourth-order valence-corrected chi connectivity index (χ4v) is 2.72. The van der Waals surface area contributed by atoms with E-state index in [-0.39, 0.29) is 11.4 Å². The van der Waals surface area contributed by atoms with Gasteiger partial charge in [-0.15, -0.1) is 0 Å². The highest BCUT2D eigenvalue weighted by Crippen LogP contribution is 2.51. The van der Waals surface area contributed by atoms with E-state index < -0.39 is 0 Å². The highest BCUT2D eigenvalue weighted by molar-refractivity contribution is 5.31. The molecule has 68 valence electrons. The van der Waals surface area contributed by atoms with Crippen LogP contribution in [0, 0.1) is 11.7 Å². The number of halogens is 1. The van der Waals surface area contributed by atoms with Gasteiger partial charge in [-0.1, -0.05) is 18.2 Å². The van der Waals surface area contributed by atoms with E-state index >= 15 is 0 Å². The average Bonchev–Trinajstić information content (AvgIpc) is 2.63. The third kappa shape index (κ3) is 0.894. The maximum atomic E-state index is 13.5. The zero-order valence-electron chi connectivity index (χ0n) is 7.39. The van der Waals surface area contributed by atoms with Crippen LogP contribution in [0.2, 0.25) is 0 Å². The quantitative estimate of drug-likeness (QED) is 0.692. The molecule has 4 rings (SSSR count). The van der Waals surface area contributed by atoms with E-state index in [0.29, 0.717) is 0 Å². The van der Waals surface area contributed by atoms with Crippen molar-refractivity contribution in [1.29, 1.82) is 0 Å². The summed E-state index contributed by atoms with van der Waals surface area (Å²) < 4.78 is 13.5. The molecule has 1 aromatic rings. The van der Waals surface area contributed by atoms with Gasteiger partial charge in [0.25, 0.3) is 0 Å². The molecular formula is C11H12FN. The molecule has 3 fully saturated rings. The van der Waals surface area contributed by atoms with Crippen molar-refractivity contribution in [2.75, 3.05) is 6.54 Å². The molecule has 0 atom stereocenters. The fraction of sp³-hybridized carbons (Fsp3) is 0.455. The van der Waals surface area contributed by atoms with E-state index in [2.05, 4.69) is 5.32 Å². The van der Waals surface area contributed by atoms with Gasteiger partial charge in [0.2, 0.25) is 0 Å². The molecule has 13 heavy (non-hydrogen) atoms. The van der Waals surface area contributed by atoms with Crippen LogP contribution in [-0.4, -0.2) is 6.54 Å². The van der Waals surface area contributed by atoms with Gasteiger partial charge in [-0.25, -0.2) is 4.39 Å². The molecule has 1 nitrogen and oxygen atoms in total. The Balaban J connectivity index is 2.05. The Morgan fingerprint density at radius 1 is 1.31 bits per heavy atom. The van der Waals surface area contributed by atoms with Crippen LogP contribution in [-0.2, 0) is 5.54 Å². The molecule has 0 unspecified atom stereocenters. The Morgan fingerprint density at radius 3 is 2.69 bits per heavy atom. The normalized spacial score (nSPS) is 35.9. The van der Waals surface area contributed by atoms with Crippen molar-refractivity contribution < 1.29 is 4.39 Å². The molecule has 1 saturated carbocycles. The Morgan fingerprint density at radius 2 is 2.08 bits per heavy atom. The van der Waals surface area contributed by atoms with Crippen molar-refractivity contribution in [3.63, 3.8) is 0 Å². The number of rotatable bonds is 1. The zero-order chi connectivity index (χ0) is 8.89. The van der Waals surface area contributed by atoms with Gasteiger partial charge in [-0.05, 0) is 31.4 Å². The predicted molar refractivity (Wildman–Crippen MR) is 48.8 cm³/mol. The Bertz CT molecular complexity index is 336. The second kappa shape index (κ2) is 2.32. The van der Waals surface area contributed by atoms with Crippen LogP contribution in [0.4, 0.5) is 4.39 Å². The Kier molecular flexibility index (Phi) is 1.34. The fourth-order valence-electron chi connectivity index (χ4n) is 2.72. The largest absolute Gasteiger partial charge is 0.307 e. The second-order valence-electron chi connectivity index (χ2n) is 4.22. The standard InChI is InChI=1S/C11H12FN/c12-10-4-2-1-3-9(10)11-5-8(6-11)7-13-11/h1-4,8,13H,5-7H2. The lowest BCUT2D eigenvalue weighted by atomic mass is 9.69. The van der Waals surface area contributed by atoms with Gasteiger partial charge in [0.15, 0.2) is 0 Å². The summed E-state index contributed by atoms with van der Waals surface area (Å²) in [4.78, 5) is 0. The first-order valence-electron chi connectivity index (χ1n) is 4.80. The number of hydrogen-bond acceptors (Lipinski definition) is 1. The molecule has 2 aliphatic heterocycles. The molecule has 1 N–H and O–H groups in total. The summed E-state index contributed by atoms with van der Waals surface area (Å²) in [6.45, 7) is 1.06. The van der Waals surface area contributed by atoms with E-state index in [0.717, 1.165) is 30.9 Å². The first kappa shape index (κ1) is 7.51. The van der Waals surface area contributed by atoms with Gasteiger partial charge in [-0.3, -0.25) is 0 Å². The lowest BCUT2D eigenvalue weighted by molar-refractivity contribution is 0.222. The topological polar surface area (TPSA) is 12.0 Å². The van der Waals surface area contributed by atoms with E-state index in [1.165, 1.54) is 0 Å². The van der Waals surface area contributed by atoms with Crippen molar-refractivity contribution in [3.05, 3.63) is 35.6 Å². The SMILES string of the molecule is Fc1ccccc1C12CC(CN1)C2. The van der Waals surface area contributed by atoms with E-state index in [1.54, 1.807) is 12.1 Å². The molecule has 2 heteroatoms. The molecule has 2 heterocycles. The van der Waals surface area contributed by atoms with Gasteiger partial charge in [0.1, 0.15) is 5.82 Å². The molecular weight excluding hydrogens is 165 g/mol. The number of benzene rings is 1. The number of fused-ring (bicyclic) bond motifs is 1. The maximum absolute atomic E-state index is 13.5. The summed E-state index contributed by atoms with van der Waals surface area (Å²) in [5.74, 6) is 0.731. The van der Waals surface area contributed by atoms with Crippen molar-refractivity contribution in [2.45, 2.75) is 18.4 Å². The molecule has 1 aromatic carbocycles. The third-order valence-corrected chi connectivity index (χ3v) is 3.39.